The van der Waals surface area contributed by atoms with E-state index in [4.69, 9.17) is 0 Å². The van der Waals surface area contributed by atoms with E-state index in [0.717, 1.165) is 17.0 Å². The molecule has 0 aliphatic carbocycles. The van der Waals surface area contributed by atoms with Gasteiger partial charge in [0, 0.05) is 23.5 Å². The second-order valence-corrected chi connectivity index (χ2v) is 5.44. The fourth-order valence-electron chi connectivity index (χ4n) is 2.58. The molecule has 0 spiro atoms. The van der Waals surface area contributed by atoms with E-state index in [2.05, 4.69) is 29.4 Å². The van der Waals surface area contributed by atoms with Gasteiger partial charge in [-0.25, -0.2) is 0 Å². The minimum absolute atomic E-state index is 0.0591. The Hall–Kier alpha value is -2.04. The molecule has 5 nitrogen and oxygen atoms in total. The van der Waals surface area contributed by atoms with Crippen molar-refractivity contribution >= 4 is 5.91 Å². The Bertz CT molecular complexity index is 590. The van der Waals surface area contributed by atoms with Gasteiger partial charge in [-0.05, 0) is 46.8 Å². The van der Waals surface area contributed by atoms with Gasteiger partial charge in [0.05, 0.1) is 11.7 Å². The maximum Gasteiger partial charge on any atom is 0.268 e. The van der Waals surface area contributed by atoms with Crippen LogP contribution >= 0.6 is 0 Å². The van der Waals surface area contributed by atoms with Gasteiger partial charge in [0.15, 0.2) is 0 Å². The van der Waals surface area contributed by atoms with E-state index in [1.165, 1.54) is 0 Å². The van der Waals surface area contributed by atoms with Gasteiger partial charge in [0.1, 0.15) is 5.69 Å². The van der Waals surface area contributed by atoms with E-state index < -0.39 is 0 Å². The number of rotatable bonds is 4. The summed E-state index contributed by atoms with van der Waals surface area (Å²) in [7, 11) is 0. The van der Waals surface area contributed by atoms with E-state index in [1.54, 1.807) is 0 Å². The van der Waals surface area contributed by atoms with Crippen LogP contribution in [0.4, 0.5) is 0 Å². The Kier molecular flexibility index (Phi) is 3.97. The Morgan fingerprint density at radius 3 is 2.60 bits per heavy atom. The van der Waals surface area contributed by atoms with Crippen molar-refractivity contribution in [2.75, 3.05) is 0 Å². The largest absolute Gasteiger partial charge is 0.344 e. The van der Waals surface area contributed by atoms with Crippen LogP contribution in [-0.4, -0.2) is 20.7 Å². The molecular formula is C15H22N4O. The number of aromatic amines is 1. The lowest BCUT2D eigenvalue weighted by Crippen LogP contribution is -2.29. The highest BCUT2D eigenvalue weighted by atomic mass is 16.2. The Labute approximate surface area is 119 Å². The van der Waals surface area contributed by atoms with Crippen LogP contribution < -0.4 is 5.32 Å². The third kappa shape index (κ3) is 2.61. The maximum atomic E-state index is 12.4. The summed E-state index contributed by atoms with van der Waals surface area (Å²) in [5.41, 5.74) is 3.66. The first-order valence-electron chi connectivity index (χ1n) is 6.91. The van der Waals surface area contributed by atoms with Gasteiger partial charge in [-0.1, -0.05) is 0 Å². The summed E-state index contributed by atoms with van der Waals surface area (Å²) in [4.78, 5) is 12.4. The molecular weight excluding hydrogens is 252 g/mol. The zero-order chi connectivity index (χ0) is 14.9. The number of amides is 1. The van der Waals surface area contributed by atoms with Crippen molar-refractivity contribution in [3.8, 4) is 0 Å². The van der Waals surface area contributed by atoms with E-state index in [9.17, 15) is 4.79 Å². The molecule has 2 N–H and O–H groups in total. The molecule has 1 atom stereocenters. The monoisotopic (exact) mass is 274 g/mol. The molecule has 2 aromatic rings. The van der Waals surface area contributed by atoms with Gasteiger partial charge in [-0.2, -0.15) is 5.10 Å². The SMILES string of the molecule is Cc1n[nH]c(C)c1[C@@H](C)NC(=O)c1cccn1C(C)C. The highest BCUT2D eigenvalue weighted by molar-refractivity contribution is 5.93. The van der Waals surface area contributed by atoms with E-state index in [0.29, 0.717) is 5.69 Å². The lowest BCUT2D eigenvalue weighted by Gasteiger charge is -2.17. The van der Waals surface area contributed by atoms with E-state index in [1.807, 2.05) is 43.7 Å². The zero-order valence-corrected chi connectivity index (χ0v) is 12.7. The second-order valence-electron chi connectivity index (χ2n) is 5.44. The molecule has 5 heteroatoms. The molecule has 0 fully saturated rings. The molecule has 2 rings (SSSR count). The Morgan fingerprint density at radius 1 is 1.35 bits per heavy atom. The van der Waals surface area contributed by atoms with Gasteiger partial charge in [0.2, 0.25) is 0 Å². The lowest BCUT2D eigenvalue weighted by atomic mass is 10.1. The Morgan fingerprint density at radius 2 is 2.05 bits per heavy atom. The van der Waals surface area contributed by atoms with Gasteiger partial charge in [-0.15, -0.1) is 0 Å². The zero-order valence-electron chi connectivity index (χ0n) is 12.7. The van der Waals surface area contributed by atoms with Crippen LogP contribution in [-0.2, 0) is 0 Å². The van der Waals surface area contributed by atoms with Crippen LogP contribution in [0.5, 0.6) is 0 Å². The smallest absolute Gasteiger partial charge is 0.268 e. The summed E-state index contributed by atoms with van der Waals surface area (Å²) in [6, 6.07) is 3.93. The minimum atomic E-state index is -0.0724. The van der Waals surface area contributed by atoms with Crippen molar-refractivity contribution in [3.63, 3.8) is 0 Å². The third-order valence-electron chi connectivity index (χ3n) is 3.53. The number of hydrogen-bond donors (Lipinski definition) is 2. The molecule has 0 aliphatic heterocycles. The number of aryl methyl sites for hydroxylation is 2. The van der Waals surface area contributed by atoms with Crippen LogP contribution in [0.2, 0.25) is 0 Å². The quantitative estimate of drug-likeness (QED) is 0.900. The van der Waals surface area contributed by atoms with Crippen LogP contribution in [0.1, 0.15) is 60.3 Å². The normalized spacial score (nSPS) is 12.7. The van der Waals surface area contributed by atoms with Gasteiger partial charge >= 0.3 is 0 Å². The molecule has 0 radical (unpaired) electrons. The molecule has 2 aromatic heterocycles. The minimum Gasteiger partial charge on any atom is -0.344 e. The number of aromatic nitrogens is 3. The van der Waals surface area contributed by atoms with Crippen LogP contribution in [0.15, 0.2) is 18.3 Å². The first-order valence-corrected chi connectivity index (χ1v) is 6.91. The van der Waals surface area contributed by atoms with E-state index in [-0.39, 0.29) is 18.0 Å². The summed E-state index contributed by atoms with van der Waals surface area (Å²) in [5.74, 6) is -0.0591. The highest BCUT2D eigenvalue weighted by Crippen LogP contribution is 2.20. The van der Waals surface area contributed by atoms with Crippen molar-refractivity contribution in [1.82, 2.24) is 20.1 Å². The van der Waals surface area contributed by atoms with Crippen molar-refractivity contribution in [3.05, 3.63) is 41.0 Å². The molecule has 0 aliphatic rings. The Balaban J connectivity index is 2.18. The molecule has 20 heavy (non-hydrogen) atoms. The van der Waals surface area contributed by atoms with Gasteiger partial charge in [0.25, 0.3) is 5.91 Å². The highest BCUT2D eigenvalue weighted by Gasteiger charge is 2.19. The topological polar surface area (TPSA) is 62.7 Å². The second kappa shape index (κ2) is 5.53. The van der Waals surface area contributed by atoms with Gasteiger partial charge < -0.3 is 9.88 Å². The van der Waals surface area contributed by atoms with Crippen LogP contribution in [0.3, 0.4) is 0 Å². The summed E-state index contributed by atoms with van der Waals surface area (Å²) < 4.78 is 1.97. The molecule has 2 heterocycles. The third-order valence-corrected chi connectivity index (χ3v) is 3.53. The molecule has 108 valence electrons. The summed E-state index contributed by atoms with van der Waals surface area (Å²) in [6.07, 6.45) is 1.93. The van der Waals surface area contributed by atoms with Crippen LogP contribution in [0, 0.1) is 13.8 Å². The predicted octanol–water partition coefficient (Wildman–Crippen LogP) is 2.90. The van der Waals surface area contributed by atoms with E-state index >= 15 is 0 Å². The first kappa shape index (κ1) is 14.4. The predicted molar refractivity (Wildman–Crippen MR) is 78.8 cm³/mol. The van der Waals surface area contributed by atoms with Crippen molar-refractivity contribution in [2.24, 2.45) is 0 Å². The maximum absolute atomic E-state index is 12.4. The number of carbonyl (C=O) groups is 1. The number of nitrogens with zero attached hydrogens (tertiary/aromatic N) is 2. The van der Waals surface area contributed by atoms with Crippen LogP contribution in [0.25, 0.3) is 0 Å². The number of nitrogens with one attached hydrogen (secondary N) is 2. The fourth-order valence-corrected chi connectivity index (χ4v) is 2.58. The fraction of sp³-hybridized carbons (Fsp3) is 0.467. The van der Waals surface area contributed by atoms with Crippen molar-refractivity contribution < 1.29 is 4.79 Å². The van der Waals surface area contributed by atoms with Crippen molar-refractivity contribution in [2.45, 2.75) is 46.7 Å². The summed E-state index contributed by atoms with van der Waals surface area (Å²) in [6.45, 7) is 10.0. The van der Waals surface area contributed by atoms with Crippen molar-refractivity contribution in [1.29, 1.82) is 0 Å². The molecule has 0 saturated heterocycles. The molecule has 0 saturated carbocycles. The molecule has 0 aromatic carbocycles. The average Bonchev–Trinajstić information content (AvgIpc) is 2.96. The molecule has 0 unspecified atom stereocenters. The average molecular weight is 274 g/mol. The summed E-state index contributed by atoms with van der Waals surface area (Å²) in [5, 5.41) is 10.2. The molecule has 0 bridgehead atoms. The summed E-state index contributed by atoms with van der Waals surface area (Å²) >= 11 is 0. The number of H-pyrrole nitrogens is 1. The lowest BCUT2D eigenvalue weighted by molar-refractivity contribution is 0.0929. The first-order chi connectivity index (χ1) is 9.41. The molecule has 1 amide bonds. The van der Waals surface area contributed by atoms with Gasteiger partial charge in [-0.3, -0.25) is 9.89 Å². The standard InChI is InChI=1S/C15H22N4O/c1-9(2)19-8-6-7-13(19)15(20)16-10(3)14-11(4)17-18-12(14)5/h6-10H,1-5H3,(H,16,20)(H,17,18)/t10-/m1/s1. The number of hydrogen-bond acceptors (Lipinski definition) is 2. The number of carbonyl (C=O) groups excluding carboxylic acids is 1.